The Morgan fingerprint density at radius 2 is 1.00 bits per heavy atom. The van der Waals surface area contributed by atoms with Crippen molar-refractivity contribution in [2.45, 2.75) is 0 Å². The Kier molecular flexibility index (Phi) is 82.3. The second-order valence-corrected chi connectivity index (χ2v) is 0.577. The van der Waals surface area contributed by atoms with Crippen LogP contribution in [-0.2, 0) is 0 Å². The normalized spacial score (nSPS) is 4.29. The van der Waals surface area contributed by atoms with E-state index in [2.05, 4.69) is 0 Å². The van der Waals surface area contributed by atoms with Crippen LogP contribution in [0.4, 0.5) is 4.70 Å². The van der Waals surface area contributed by atoms with Crippen LogP contribution in [0.5, 0.6) is 0 Å². The van der Waals surface area contributed by atoms with Crippen molar-refractivity contribution in [2.24, 2.45) is 11.5 Å². The summed E-state index contributed by atoms with van der Waals surface area (Å²) in [6.07, 6.45) is 0. The molecule has 0 aliphatic rings. The monoisotopic (exact) mass is 128 g/mol. The molecule has 0 radical (unpaired) electrons. The predicted octanol–water partition coefficient (Wildman–Crippen LogP) is -2.24. The average molecular weight is 128 g/mol. The van der Waals surface area contributed by atoms with Gasteiger partial charge >= 0.3 is 59.1 Å². The third-order valence-electron chi connectivity index (χ3n) is 0.167. The van der Waals surface area contributed by atoms with Gasteiger partial charge in [-0.15, -0.1) is 0 Å². The Morgan fingerprint density at radius 3 is 1.00 bits per heavy atom. The topological polar surface area (TPSA) is 52.0 Å². The molecule has 0 saturated carbocycles. The zero-order valence-corrected chi connectivity index (χ0v) is 2.98. The number of rotatable bonds is 1. The molecule has 0 saturated heterocycles. The quantitative estimate of drug-likeness (QED) is 0.392. The van der Waals surface area contributed by atoms with E-state index in [1.165, 1.54) is 0 Å². The van der Waals surface area contributed by atoms with Crippen LogP contribution in [0.25, 0.3) is 0 Å². The van der Waals surface area contributed by atoms with Gasteiger partial charge in [0.15, 0.2) is 0 Å². The van der Waals surface area contributed by atoms with Crippen LogP contribution in [-0.4, -0.2) is 72.2 Å². The van der Waals surface area contributed by atoms with Gasteiger partial charge in [0.05, 0.1) is 0 Å². The molecule has 5 heteroatoms. The van der Waals surface area contributed by atoms with Crippen LogP contribution in [0.2, 0.25) is 0 Å². The first-order valence-electron chi connectivity index (χ1n) is 1.32. The third kappa shape index (κ3) is 33.1. The molecule has 0 aromatic heterocycles. The summed E-state index contributed by atoms with van der Waals surface area (Å²) < 4.78 is 0. The van der Waals surface area contributed by atoms with Gasteiger partial charge < -0.3 is 11.5 Å². The Hall–Kier alpha value is 1.85. The van der Waals surface area contributed by atoms with Crippen molar-refractivity contribution in [3.8, 4) is 0 Å². The maximum absolute atomic E-state index is 4.90. The number of halogens is 1. The van der Waals surface area contributed by atoms with Gasteiger partial charge in [-0.2, -0.15) is 0 Å². The molecule has 0 aromatic rings. The molecule has 0 heterocycles. The van der Waals surface area contributed by atoms with E-state index in [0.717, 1.165) is 0 Å². The second kappa shape index (κ2) is 24.9. The van der Waals surface area contributed by atoms with Crippen molar-refractivity contribution >= 4 is 59.1 Å². The number of nitrogens with two attached hydrogens (primary N) is 2. The van der Waals surface area contributed by atoms with Gasteiger partial charge in [-0.05, 0) is 0 Å². The van der Waals surface area contributed by atoms with E-state index in [-0.39, 0.29) is 63.8 Å². The molecule has 0 fully saturated rings. The molecule has 0 aliphatic heterocycles. The molecule has 0 spiro atoms. The molecule has 0 bridgehead atoms. The van der Waals surface area contributed by atoms with Gasteiger partial charge in [0, 0.05) is 13.1 Å². The first-order chi connectivity index (χ1) is 1.91. The SMILES string of the molecule is F.NCCN.[NaH].[NaH]. The zero-order chi connectivity index (χ0) is 3.41. The van der Waals surface area contributed by atoms with Crippen LogP contribution < -0.4 is 11.5 Å². The van der Waals surface area contributed by atoms with Crippen molar-refractivity contribution in [3.05, 3.63) is 0 Å². The zero-order valence-electron chi connectivity index (χ0n) is 2.98. The molecule has 0 aliphatic carbocycles. The van der Waals surface area contributed by atoms with Gasteiger partial charge in [-0.1, -0.05) is 0 Å². The van der Waals surface area contributed by atoms with Crippen LogP contribution in [0.15, 0.2) is 0 Å². The summed E-state index contributed by atoms with van der Waals surface area (Å²) in [5.74, 6) is 0. The summed E-state index contributed by atoms with van der Waals surface area (Å²) in [7, 11) is 0. The second-order valence-electron chi connectivity index (χ2n) is 0.577. The first kappa shape index (κ1) is 23.2. The molecule has 0 atom stereocenters. The van der Waals surface area contributed by atoms with Gasteiger partial charge in [0.1, 0.15) is 0 Å². The summed E-state index contributed by atoms with van der Waals surface area (Å²) in [6.45, 7) is 1.19. The van der Waals surface area contributed by atoms with E-state index in [1.807, 2.05) is 0 Å². The Balaban J connectivity index is -0.0000000150. The van der Waals surface area contributed by atoms with E-state index < -0.39 is 0 Å². The van der Waals surface area contributed by atoms with Crippen LogP contribution in [0.3, 0.4) is 0 Å². The van der Waals surface area contributed by atoms with Crippen LogP contribution in [0, 0.1) is 0 Å². The molecule has 38 valence electrons. The van der Waals surface area contributed by atoms with Crippen molar-refractivity contribution in [1.82, 2.24) is 0 Å². The van der Waals surface area contributed by atoms with Crippen molar-refractivity contribution in [1.29, 1.82) is 0 Å². The van der Waals surface area contributed by atoms with Gasteiger partial charge in [0.25, 0.3) is 0 Å². The van der Waals surface area contributed by atoms with E-state index in [9.17, 15) is 0 Å². The van der Waals surface area contributed by atoms with Gasteiger partial charge in [0.2, 0.25) is 0 Å². The fourth-order valence-electron chi connectivity index (χ4n) is 0. The molecule has 4 N–H and O–H groups in total. The van der Waals surface area contributed by atoms with Gasteiger partial charge in [-0.3, -0.25) is 4.70 Å². The van der Waals surface area contributed by atoms with E-state index in [0.29, 0.717) is 13.1 Å². The summed E-state index contributed by atoms with van der Waals surface area (Å²) in [5.41, 5.74) is 9.81. The predicted molar refractivity (Wildman–Crippen MR) is 34.9 cm³/mol. The van der Waals surface area contributed by atoms with Crippen molar-refractivity contribution in [3.63, 3.8) is 0 Å². The molecule has 0 unspecified atom stereocenters. The van der Waals surface area contributed by atoms with E-state index >= 15 is 0 Å². The van der Waals surface area contributed by atoms with Crippen LogP contribution in [0.1, 0.15) is 0 Å². The maximum atomic E-state index is 4.90. The molecule has 0 aromatic carbocycles. The first-order valence-corrected chi connectivity index (χ1v) is 1.32. The number of hydrogen-bond donors (Lipinski definition) is 2. The van der Waals surface area contributed by atoms with Crippen molar-refractivity contribution in [2.75, 3.05) is 13.1 Å². The minimum atomic E-state index is 0. The molecule has 0 amide bonds. The van der Waals surface area contributed by atoms with Crippen LogP contribution >= 0.6 is 0 Å². The molecular formula is C2H11FN2Na2. The number of hydrogen-bond acceptors (Lipinski definition) is 2. The summed E-state index contributed by atoms with van der Waals surface area (Å²) in [6, 6.07) is 0. The Morgan fingerprint density at radius 1 is 0.857 bits per heavy atom. The molecule has 2 nitrogen and oxygen atoms in total. The molecular weight excluding hydrogens is 117 g/mol. The fraction of sp³-hybridized carbons (Fsp3) is 1.00. The minimum absolute atomic E-state index is 0. The van der Waals surface area contributed by atoms with Crippen molar-refractivity contribution < 1.29 is 4.70 Å². The fourth-order valence-corrected chi connectivity index (χ4v) is 0. The molecule has 0 rings (SSSR count). The summed E-state index contributed by atoms with van der Waals surface area (Å²) >= 11 is 0. The summed E-state index contributed by atoms with van der Waals surface area (Å²) in [4.78, 5) is 0. The van der Waals surface area contributed by atoms with Gasteiger partial charge in [-0.25, -0.2) is 0 Å². The summed E-state index contributed by atoms with van der Waals surface area (Å²) in [5, 5.41) is 0. The average Bonchev–Trinajstić information content (AvgIpc) is 1.37. The third-order valence-corrected chi connectivity index (χ3v) is 0.167. The molecule has 7 heavy (non-hydrogen) atoms. The van der Waals surface area contributed by atoms with E-state index in [1.54, 1.807) is 0 Å². The standard InChI is InChI=1S/C2H8N2.FH.2Na.2H/c3-1-2-4;;;;;/h1-4H2;1H;;;;. The Labute approximate surface area is 87.3 Å². The van der Waals surface area contributed by atoms with E-state index in [4.69, 9.17) is 11.5 Å². The Bertz CT molecular complexity index is 15.7.